The SMILES string of the molecule is Cc1[nH]c2ccccc2c1C(=O)[C@@H](C)[NH+]1CCC[NH+](CC(=O)NC(C)(C)C)CC1. The molecule has 1 aromatic carbocycles. The summed E-state index contributed by atoms with van der Waals surface area (Å²) in [5, 5.41) is 4.07. The summed E-state index contributed by atoms with van der Waals surface area (Å²) in [5.41, 5.74) is 2.60. The van der Waals surface area contributed by atoms with Crippen LogP contribution < -0.4 is 15.1 Å². The van der Waals surface area contributed by atoms with Crippen molar-refractivity contribution in [3.8, 4) is 0 Å². The number of H-pyrrole nitrogens is 1. The number of fused-ring (bicyclic) bond motifs is 1. The fourth-order valence-corrected chi connectivity index (χ4v) is 4.45. The van der Waals surface area contributed by atoms with Gasteiger partial charge in [0.1, 0.15) is 19.1 Å². The number of carbonyl (C=O) groups is 2. The van der Waals surface area contributed by atoms with Crippen molar-refractivity contribution in [3.63, 3.8) is 0 Å². The number of nitrogens with one attached hydrogen (secondary N) is 4. The van der Waals surface area contributed by atoms with Gasteiger partial charge in [0.05, 0.1) is 18.7 Å². The second kappa shape index (κ2) is 8.67. The first kappa shape index (κ1) is 21.5. The van der Waals surface area contributed by atoms with Crippen molar-refractivity contribution in [2.24, 2.45) is 0 Å². The first-order chi connectivity index (χ1) is 13.7. The standard InChI is InChI=1S/C23H34N4O2/c1-16-21(18-9-6-7-10-19(18)24-16)22(29)17(2)27-12-8-11-26(13-14-27)15-20(28)25-23(3,4)5/h6-7,9-10,17,24H,8,11-15H2,1-5H3,(H,25,28)/p+2/t17-/m1/s1. The Hall–Kier alpha value is -2.18. The van der Waals surface area contributed by atoms with Crippen LogP contribution in [0.4, 0.5) is 0 Å². The molecule has 2 unspecified atom stereocenters. The maximum Gasteiger partial charge on any atom is 0.275 e. The minimum atomic E-state index is -0.197. The molecule has 0 bridgehead atoms. The van der Waals surface area contributed by atoms with E-state index in [1.807, 2.05) is 52.0 Å². The largest absolute Gasteiger partial charge is 0.358 e. The molecule has 3 rings (SSSR count). The van der Waals surface area contributed by atoms with E-state index in [2.05, 4.69) is 17.2 Å². The van der Waals surface area contributed by atoms with Crippen molar-refractivity contribution in [1.82, 2.24) is 10.3 Å². The van der Waals surface area contributed by atoms with E-state index in [9.17, 15) is 9.59 Å². The van der Waals surface area contributed by atoms with E-state index in [0.29, 0.717) is 6.54 Å². The molecule has 1 amide bonds. The van der Waals surface area contributed by atoms with Crippen molar-refractivity contribution in [2.45, 2.75) is 52.6 Å². The summed E-state index contributed by atoms with van der Waals surface area (Å²) in [4.78, 5) is 31.6. The molecular weight excluding hydrogens is 364 g/mol. The zero-order valence-electron chi connectivity index (χ0n) is 18.4. The number of amides is 1. The Balaban J connectivity index is 1.64. The fourth-order valence-electron chi connectivity index (χ4n) is 4.45. The Labute approximate surface area is 173 Å². The highest BCUT2D eigenvalue weighted by Crippen LogP contribution is 2.22. The smallest absolute Gasteiger partial charge is 0.275 e. The molecule has 2 heterocycles. The van der Waals surface area contributed by atoms with Crippen LogP contribution in [0.2, 0.25) is 0 Å². The summed E-state index contributed by atoms with van der Waals surface area (Å²) < 4.78 is 0. The van der Waals surface area contributed by atoms with Crippen molar-refractivity contribution >= 4 is 22.6 Å². The molecular formula is C23H36N4O2+2. The molecule has 3 atom stereocenters. The Kier molecular flexibility index (Phi) is 6.44. The van der Waals surface area contributed by atoms with E-state index in [1.165, 1.54) is 9.80 Å². The van der Waals surface area contributed by atoms with E-state index in [0.717, 1.165) is 54.8 Å². The fraction of sp³-hybridized carbons (Fsp3) is 0.565. The lowest BCUT2D eigenvalue weighted by Gasteiger charge is -2.24. The van der Waals surface area contributed by atoms with Crippen LogP contribution in [0, 0.1) is 6.92 Å². The lowest BCUT2D eigenvalue weighted by Crippen LogP contribution is -3.20. The summed E-state index contributed by atoms with van der Waals surface area (Å²) in [6, 6.07) is 7.93. The van der Waals surface area contributed by atoms with Crippen LogP contribution in [0.3, 0.4) is 0 Å². The zero-order valence-corrected chi connectivity index (χ0v) is 18.4. The first-order valence-corrected chi connectivity index (χ1v) is 10.8. The van der Waals surface area contributed by atoms with Gasteiger partial charge in [-0.2, -0.15) is 0 Å². The van der Waals surface area contributed by atoms with Crippen molar-refractivity contribution < 1.29 is 19.4 Å². The molecule has 4 N–H and O–H groups in total. The van der Waals surface area contributed by atoms with Crippen LogP contribution >= 0.6 is 0 Å². The molecule has 1 aliphatic rings. The number of quaternary nitrogens is 2. The predicted octanol–water partition coefficient (Wildman–Crippen LogP) is 0.136. The van der Waals surface area contributed by atoms with Gasteiger partial charge in [-0.05, 0) is 40.7 Å². The zero-order chi connectivity index (χ0) is 21.2. The monoisotopic (exact) mass is 400 g/mol. The minimum Gasteiger partial charge on any atom is -0.358 e. The number of hydrogen-bond donors (Lipinski definition) is 4. The maximum atomic E-state index is 13.4. The van der Waals surface area contributed by atoms with Gasteiger partial charge < -0.3 is 20.1 Å². The van der Waals surface area contributed by atoms with Gasteiger partial charge in [-0.15, -0.1) is 0 Å². The quantitative estimate of drug-likeness (QED) is 0.539. The van der Waals surface area contributed by atoms with Crippen molar-refractivity contribution in [2.75, 3.05) is 32.7 Å². The molecule has 0 aliphatic carbocycles. The number of aromatic nitrogens is 1. The molecule has 6 heteroatoms. The summed E-state index contributed by atoms with van der Waals surface area (Å²) in [5.74, 6) is 0.318. The number of aromatic amines is 1. The average Bonchev–Trinajstić information content (AvgIpc) is 2.80. The normalized spacial score (nSPS) is 21.6. The van der Waals surface area contributed by atoms with Crippen LogP contribution in [0.15, 0.2) is 24.3 Å². The Bertz CT molecular complexity index is 881. The van der Waals surface area contributed by atoms with Crippen LogP contribution in [-0.4, -0.2) is 61.0 Å². The highest BCUT2D eigenvalue weighted by Gasteiger charge is 2.32. The second-order valence-electron chi connectivity index (χ2n) is 9.49. The molecule has 1 saturated heterocycles. The van der Waals surface area contributed by atoms with Crippen LogP contribution in [-0.2, 0) is 4.79 Å². The van der Waals surface area contributed by atoms with Crippen LogP contribution in [0.5, 0.6) is 0 Å². The van der Waals surface area contributed by atoms with Gasteiger partial charge in [0.15, 0.2) is 6.54 Å². The van der Waals surface area contributed by atoms with Gasteiger partial charge in [-0.25, -0.2) is 0 Å². The van der Waals surface area contributed by atoms with Crippen molar-refractivity contribution in [3.05, 3.63) is 35.5 Å². The van der Waals surface area contributed by atoms with E-state index in [-0.39, 0.29) is 23.3 Å². The predicted molar refractivity (Wildman–Crippen MR) is 116 cm³/mol. The molecule has 1 fully saturated rings. The van der Waals surface area contributed by atoms with Crippen LogP contribution in [0.25, 0.3) is 10.9 Å². The third-order valence-electron chi connectivity index (χ3n) is 5.90. The minimum absolute atomic E-state index is 0.0874. The lowest BCUT2D eigenvalue weighted by atomic mass is 10.0. The number of hydrogen-bond acceptors (Lipinski definition) is 2. The lowest BCUT2D eigenvalue weighted by molar-refractivity contribution is -0.942. The maximum absolute atomic E-state index is 13.4. The molecule has 29 heavy (non-hydrogen) atoms. The molecule has 6 nitrogen and oxygen atoms in total. The number of ketones is 1. The first-order valence-electron chi connectivity index (χ1n) is 10.8. The topological polar surface area (TPSA) is 70.8 Å². The second-order valence-corrected chi connectivity index (χ2v) is 9.49. The summed E-state index contributed by atoms with van der Waals surface area (Å²) in [7, 11) is 0. The molecule has 0 spiro atoms. The number of benzene rings is 1. The molecule has 0 saturated carbocycles. The highest BCUT2D eigenvalue weighted by molar-refractivity contribution is 6.10. The molecule has 1 aromatic heterocycles. The van der Waals surface area contributed by atoms with E-state index < -0.39 is 0 Å². The summed E-state index contributed by atoms with van der Waals surface area (Å²) in [6.45, 7) is 14.3. The third-order valence-corrected chi connectivity index (χ3v) is 5.90. The third kappa shape index (κ3) is 5.25. The van der Waals surface area contributed by atoms with E-state index in [1.54, 1.807) is 0 Å². The van der Waals surface area contributed by atoms with Crippen molar-refractivity contribution in [1.29, 1.82) is 0 Å². The molecule has 158 valence electrons. The summed E-state index contributed by atoms with van der Waals surface area (Å²) >= 11 is 0. The van der Waals surface area contributed by atoms with E-state index in [4.69, 9.17) is 0 Å². The average molecular weight is 401 g/mol. The van der Waals surface area contributed by atoms with Gasteiger partial charge in [0.25, 0.3) is 5.91 Å². The molecule has 0 radical (unpaired) electrons. The number of para-hydroxylation sites is 1. The molecule has 1 aliphatic heterocycles. The molecule has 2 aromatic rings. The van der Waals surface area contributed by atoms with E-state index >= 15 is 0 Å². The van der Waals surface area contributed by atoms with Gasteiger partial charge in [0.2, 0.25) is 5.78 Å². The highest BCUT2D eigenvalue weighted by atomic mass is 16.2. The van der Waals surface area contributed by atoms with Gasteiger partial charge in [-0.3, -0.25) is 9.59 Å². The number of aryl methyl sites for hydroxylation is 1. The Morgan fingerprint density at radius 3 is 2.59 bits per heavy atom. The number of Topliss-reactive ketones (excluding diaryl/α,β-unsaturated/α-hetero) is 1. The van der Waals surface area contributed by atoms with Gasteiger partial charge >= 0.3 is 0 Å². The number of carbonyl (C=O) groups excluding carboxylic acids is 2. The summed E-state index contributed by atoms with van der Waals surface area (Å²) in [6.07, 6.45) is 1.03. The Morgan fingerprint density at radius 1 is 1.14 bits per heavy atom. The van der Waals surface area contributed by atoms with Gasteiger partial charge in [-0.1, -0.05) is 18.2 Å². The van der Waals surface area contributed by atoms with Crippen LogP contribution in [0.1, 0.15) is 50.2 Å². The Morgan fingerprint density at radius 2 is 1.86 bits per heavy atom. The number of rotatable bonds is 5. The van der Waals surface area contributed by atoms with Gasteiger partial charge in [0, 0.05) is 28.6 Å².